The first kappa shape index (κ1) is 11.9. The predicted octanol–water partition coefficient (Wildman–Crippen LogP) is 1.98. The molecule has 0 radical (unpaired) electrons. The Morgan fingerprint density at radius 3 is 2.63 bits per heavy atom. The van der Waals surface area contributed by atoms with Crippen molar-refractivity contribution in [1.82, 2.24) is 10.3 Å². The molecule has 6 heteroatoms. The molecule has 0 fully saturated rings. The van der Waals surface area contributed by atoms with Gasteiger partial charge in [0.05, 0.1) is 5.01 Å². The van der Waals surface area contributed by atoms with E-state index >= 15 is 0 Å². The van der Waals surface area contributed by atoms with E-state index in [9.17, 15) is 4.79 Å². The number of thiazole rings is 1. The maximum absolute atomic E-state index is 11.8. The third kappa shape index (κ3) is 2.10. The van der Waals surface area contributed by atoms with Crippen LogP contribution < -0.4 is 10.3 Å². The van der Waals surface area contributed by atoms with Crippen molar-refractivity contribution in [3.63, 3.8) is 0 Å². The lowest BCUT2D eigenvalue weighted by Crippen LogP contribution is -2.36. The topological polar surface area (TPSA) is 62.8 Å². The molecule has 2 aromatic heterocycles. The molecule has 0 saturated heterocycles. The van der Waals surface area contributed by atoms with Crippen molar-refractivity contribution in [1.29, 1.82) is 0 Å². The van der Waals surface area contributed by atoms with Crippen LogP contribution in [0.1, 0.15) is 10.6 Å². The Morgan fingerprint density at radius 2 is 2.00 bits per heavy atom. The zero-order valence-corrected chi connectivity index (χ0v) is 11.3. The van der Waals surface area contributed by atoms with E-state index in [1.54, 1.807) is 4.68 Å². The van der Waals surface area contributed by atoms with Gasteiger partial charge in [-0.05, 0) is 23.8 Å². The maximum Gasteiger partial charge on any atom is 0.437 e. The van der Waals surface area contributed by atoms with Gasteiger partial charge in [0, 0.05) is 17.5 Å². The third-order valence-corrected chi connectivity index (χ3v) is 3.57. The number of aromatic nitrogens is 3. The van der Waals surface area contributed by atoms with Gasteiger partial charge in [-0.15, -0.1) is 11.3 Å². The molecule has 1 N–H and O–H groups in total. The Labute approximate surface area is 113 Å². The fraction of sp³-hybridized carbons (Fsp3) is 0.154. The van der Waals surface area contributed by atoms with Crippen LogP contribution in [0.25, 0.3) is 17.1 Å². The summed E-state index contributed by atoms with van der Waals surface area (Å²) in [6.07, 6.45) is 0. The second kappa shape index (κ2) is 4.47. The number of nitrogens with one attached hydrogen (secondary N) is 1. The smallest absolute Gasteiger partial charge is 0.282 e. The average Bonchev–Trinajstić information content (AvgIpc) is 2.96. The van der Waals surface area contributed by atoms with Crippen LogP contribution in [0, 0.1) is 13.8 Å². The normalized spacial score (nSPS) is 10.8. The monoisotopic (exact) mass is 274 g/mol. The van der Waals surface area contributed by atoms with Gasteiger partial charge in [-0.25, -0.2) is 9.78 Å². The van der Waals surface area contributed by atoms with E-state index < -0.39 is 5.63 Å². The van der Waals surface area contributed by atoms with Crippen molar-refractivity contribution in [3.8, 4) is 17.1 Å². The molecule has 0 atom stereocenters. The quantitative estimate of drug-likeness (QED) is 0.727. The van der Waals surface area contributed by atoms with E-state index in [0.717, 1.165) is 16.3 Å². The Hall–Kier alpha value is -2.21. The summed E-state index contributed by atoms with van der Waals surface area (Å²) in [5.41, 5.74) is 2.59. The van der Waals surface area contributed by atoms with Crippen molar-refractivity contribution in [2.24, 2.45) is 0 Å². The Bertz CT molecular complexity index is 768. The Morgan fingerprint density at radius 1 is 1.26 bits per heavy atom. The third-order valence-electron chi connectivity index (χ3n) is 2.80. The molecule has 5 nitrogen and oxygen atoms in total. The zero-order valence-electron chi connectivity index (χ0n) is 10.5. The molecular formula is C13H12N3O2S+. The minimum absolute atomic E-state index is 0.410. The summed E-state index contributed by atoms with van der Waals surface area (Å²) >= 11 is 1.50. The van der Waals surface area contributed by atoms with Crippen LogP contribution in [0.5, 0.6) is 0 Å². The number of aryl methyl sites for hydroxylation is 2. The molecule has 96 valence electrons. The van der Waals surface area contributed by atoms with Crippen LogP contribution in [0.3, 0.4) is 0 Å². The summed E-state index contributed by atoms with van der Waals surface area (Å²) < 4.78 is 6.50. The molecule has 0 saturated carbocycles. The largest absolute Gasteiger partial charge is 0.437 e. The van der Waals surface area contributed by atoms with Crippen LogP contribution in [-0.2, 0) is 0 Å². The number of rotatable bonds is 2. The van der Waals surface area contributed by atoms with Crippen LogP contribution in [0.4, 0.5) is 0 Å². The van der Waals surface area contributed by atoms with Gasteiger partial charge in [-0.1, -0.05) is 17.7 Å². The zero-order chi connectivity index (χ0) is 13.4. The summed E-state index contributed by atoms with van der Waals surface area (Å²) in [6.45, 7) is 3.91. The summed E-state index contributed by atoms with van der Waals surface area (Å²) in [7, 11) is 0. The molecular weight excluding hydrogens is 262 g/mol. The first-order valence-electron chi connectivity index (χ1n) is 5.78. The van der Waals surface area contributed by atoms with E-state index in [4.69, 9.17) is 4.52 Å². The number of hydrogen-bond acceptors (Lipinski definition) is 4. The molecule has 1 aromatic carbocycles. The van der Waals surface area contributed by atoms with Crippen molar-refractivity contribution >= 4 is 11.3 Å². The molecule has 0 unspecified atom stereocenters. The lowest BCUT2D eigenvalue weighted by atomic mass is 10.2. The van der Waals surface area contributed by atoms with Gasteiger partial charge in [0.25, 0.3) is 0 Å². The summed E-state index contributed by atoms with van der Waals surface area (Å²) in [5, 5.41) is 5.37. The second-order valence-electron chi connectivity index (χ2n) is 4.25. The van der Waals surface area contributed by atoms with Gasteiger partial charge in [0.2, 0.25) is 5.69 Å². The number of H-pyrrole nitrogens is 1. The van der Waals surface area contributed by atoms with Gasteiger partial charge in [0.15, 0.2) is 5.69 Å². The van der Waals surface area contributed by atoms with Gasteiger partial charge in [0.1, 0.15) is 0 Å². The molecule has 0 aliphatic heterocycles. The summed E-state index contributed by atoms with van der Waals surface area (Å²) in [4.78, 5) is 16.2. The summed E-state index contributed by atoms with van der Waals surface area (Å²) in [5.74, 6) is 0. The number of benzene rings is 1. The van der Waals surface area contributed by atoms with Crippen molar-refractivity contribution < 1.29 is 9.20 Å². The highest BCUT2D eigenvalue weighted by Gasteiger charge is 2.27. The molecule has 0 bridgehead atoms. The standard InChI is InChI=1S/C13H11N3O2S/c1-8-3-5-10(6-4-8)16-12(13(17)18-15-16)11-7-19-9(2)14-11/h3-7H,1-2H3/p+1. The lowest BCUT2D eigenvalue weighted by Gasteiger charge is -1.93. The highest BCUT2D eigenvalue weighted by atomic mass is 32.1. The van der Waals surface area contributed by atoms with Crippen LogP contribution in [-0.4, -0.2) is 10.3 Å². The number of hydrogen-bond donors (Lipinski definition) is 1. The predicted molar refractivity (Wildman–Crippen MR) is 71.4 cm³/mol. The van der Waals surface area contributed by atoms with E-state index in [1.807, 2.05) is 43.5 Å². The minimum Gasteiger partial charge on any atom is -0.282 e. The van der Waals surface area contributed by atoms with Crippen LogP contribution in [0.15, 0.2) is 39.0 Å². The van der Waals surface area contributed by atoms with Crippen molar-refractivity contribution in [2.45, 2.75) is 13.8 Å². The van der Waals surface area contributed by atoms with E-state index in [-0.39, 0.29) is 0 Å². The molecule has 2 heterocycles. The molecule has 3 rings (SSSR count). The maximum atomic E-state index is 11.8. The van der Waals surface area contributed by atoms with E-state index in [1.165, 1.54) is 11.3 Å². The number of nitrogens with zero attached hydrogens (tertiary/aromatic N) is 2. The highest BCUT2D eigenvalue weighted by Crippen LogP contribution is 2.16. The molecule has 19 heavy (non-hydrogen) atoms. The van der Waals surface area contributed by atoms with Gasteiger partial charge in [-0.2, -0.15) is 0 Å². The van der Waals surface area contributed by atoms with Gasteiger partial charge >= 0.3 is 11.3 Å². The fourth-order valence-electron chi connectivity index (χ4n) is 1.84. The SMILES string of the molecule is Cc1ccc(-[n+]2[nH]oc(=O)c2-c2csc(C)n2)cc1. The van der Waals surface area contributed by atoms with Crippen molar-refractivity contribution in [2.75, 3.05) is 0 Å². The van der Waals surface area contributed by atoms with Crippen molar-refractivity contribution in [3.05, 3.63) is 50.6 Å². The first-order chi connectivity index (χ1) is 9.15. The van der Waals surface area contributed by atoms with Gasteiger partial charge < -0.3 is 0 Å². The highest BCUT2D eigenvalue weighted by molar-refractivity contribution is 7.09. The lowest BCUT2D eigenvalue weighted by molar-refractivity contribution is -0.660. The van der Waals surface area contributed by atoms with E-state index in [2.05, 4.69) is 10.3 Å². The Balaban J connectivity index is 2.18. The first-order valence-corrected chi connectivity index (χ1v) is 6.66. The average molecular weight is 274 g/mol. The van der Waals surface area contributed by atoms with Gasteiger partial charge in [-0.3, -0.25) is 4.52 Å². The van der Waals surface area contributed by atoms with Crippen LogP contribution >= 0.6 is 11.3 Å². The molecule has 0 amide bonds. The second-order valence-corrected chi connectivity index (χ2v) is 5.31. The molecule has 0 aliphatic carbocycles. The number of aromatic amines is 1. The Kier molecular flexibility index (Phi) is 2.79. The molecule has 0 spiro atoms. The summed E-state index contributed by atoms with van der Waals surface area (Å²) in [6, 6.07) is 7.79. The fourth-order valence-corrected chi connectivity index (χ4v) is 2.44. The molecule has 3 aromatic rings. The van der Waals surface area contributed by atoms with Crippen LogP contribution in [0.2, 0.25) is 0 Å². The van der Waals surface area contributed by atoms with E-state index in [0.29, 0.717) is 11.4 Å². The molecule has 0 aliphatic rings. The minimum atomic E-state index is -0.425.